The highest BCUT2D eigenvalue weighted by Gasteiger charge is 2.26. The molecule has 4 aromatic rings. The molecule has 8 nitrogen and oxygen atoms in total. The standard InChI is InChI=1S/C29H37N7O/c37-22-8-14-35(15-9-22)32-21-6-7-26-24(20-21)27-29-28(23-4-1-2-5-25(23)31-27)34(18-19-36(26)29)13-3-12-33-16-10-30-11-17-33/h1-2,4-7,20,22,30,32,37H,3,8-19H2. The number of para-hydroxylation sites is 1. The van der Waals surface area contributed by atoms with Gasteiger partial charge in [-0.05, 0) is 50.1 Å². The van der Waals surface area contributed by atoms with E-state index in [0.717, 1.165) is 95.0 Å². The summed E-state index contributed by atoms with van der Waals surface area (Å²) in [6.07, 6.45) is 2.64. The normalized spacial score (nSPS) is 19.9. The molecule has 3 aliphatic heterocycles. The lowest BCUT2D eigenvalue weighted by Crippen LogP contribution is -2.44. The second kappa shape index (κ2) is 9.76. The van der Waals surface area contributed by atoms with E-state index < -0.39 is 0 Å². The Bertz CT molecular complexity index is 1420. The number of nitrogens with one attached hydrogen (secondary N) is 2. The Morgan fingerprint density at radius 1 is 0.919 bits per heavy atom. The number of piperidine rings is 1. The quantitative estimate of drug-likeness (QED) is 0.376. The van der Waals surface area contributed by atoms with Crippen molar-refractivity contribution in [3.8, 4) is 0 Å². The van der Waals surface area contributed by atoms with Gasteiger partial charge in [-0.1, -0.05) is 18.2 Å². The number of benzene rings is 2. The molecule has 5 heterocycles. The lowest BCUT2D eigenvalue weighted by molar-refractivity contribution is 0.0937. The molecule has 37 heavy (non-hydrogen) atoms. The van der Waals surface area contributed by atoms with Crippen molar-refractivity contribution in [2.24, 2.45) is 0 Å². The fraction of sp³-hybridized carbons (Fsp3) is 0.483. The molecule has 0 unspecified atom stereocenters. The second-order valence-corrected chi connectivity index (χ2v) is 10.8. The van der Waals surface area contributed by atoms with Crippen molar-refractivity contribution in [3.63, 3.8) is 0 Å². The summed E-state index contributed by atoms with van der Waals surface area (Å²) in [5, 5.41) is 18.0. The molecule has 194 valence electrons. The third-order valence-corrected chi connectivity index (χ3v) is 8.43. The van der Waals surface area contributed by atoms with Crippen molar-refractivity contribution in [1.29, 1.82) is 0 Å². The zero-order valence-corrected chi connectivity index (χ0v) is 21.5. The number of rotatable bonds is 6. The van der Waals surface area contributed by atoms with E-state index in [4.69, 9.17) is 4.98 Å². The maximum Gasteiger partial charge on any atom is 0.0989 e. The summed E-state index contributed by atoms with van der Waals surface area (Å²) < 4.78 is 2.49. The van der Waals surface area contributed by atoms with Crippen LogP contribution in [0.2, 0.25) is 0 Å². The Kier molecular flexibility index (Phi) is 6.13. The van der Waals surface area contributed by atoms with Crippen LogP contribution in [-0.4, -0.2) is 89.6 Å². The van der Waals surface area contributed by atoms with Gasteiger partial charge in [-0.25, -0.2) is 9.99 Å². The molecule has 0 saturated carbocycles. The highest BCUT2D eigenvalue weighted by Crippen LogP contribution is 2.42. The van der Waals surface area contributed by atoms with Crippen LogP contribution >= 0.6 is 0 Å². The summed E-state index contributed by atoms with van der Waals surface area (Å²) in [6, 6.07) is 15.4. The third kappa shape index (κ3) is 4.32. The average molecular weight is 500 g/mol. The highest BCUT2D eigenvalue weighted by atomic mass is 16.3. The molecule has 0 bridgehead atoms. The maximum atomic E-state index is 9.87. The molecule has 7 rings (SSSR count). The van der Waals surface area contributed by atoms with Crippen molar-refractivity contribution < 1.29 is 5.11 Å². The van der Waals surface area contributed by atoms with E-state index in [1.165, 1.54) is 33.9 Å². The van der Waals surface area contributed by atoms with E-state index in [1.807, 2.05) is 0 Å². The SMILES string of the molecule is OC1CCN(Nc2ccc3c(c2)c2nc4ccccc4c4c2n3CCN4CCCN2CCNCC2)CC1. The minimum atomic E-state index is -0.171. The first-order chi connectivity index (χ1) is 18.2. The minimum absolute atomic E-state index is 0.171. The molecule has 2 saturated heterocycles. The van der Waals surface area contributed by atoms with Crippen LogP contribution in [0.3, 0.4) is 0 Å². The number of pyridine rings is 1. The van der Waals surface area contributed by atoms with Crippen LogP contribution in [0.4, 0.5) is 11.4 Å². The molecule has 0 spiro atoms. The number of fused-ring (bicyclic) bond motifs is 5. The summed E-state index contributed by atoms with van der Waals surface area (Å²) in [7, 11) is 0. The lowest BCUT2D eigenvalue weighted by Gasteiger charge is -2.33. The lowest BCUT2D eigenvalue weighted by atomic mass is 10.1. The highest BCUT2D eigenvalue weighted by molar-refractivity contribution is 6.17. The third-order valence-electron chi connectivity index (χ3n) is 8.43. The van der Waals surface area contributed by atoms with E-state index >= 15 is 0 Å². The number of anilines is 2. The van der Waals surface area contributed by atoms with Gasteiger partial charge < -0.3 is 30.2 Å². The van der Waals surface area contributed by atoms with Crippen LogP contribution in [0, 0.1) is 0 Å². The summed E-state index contributed by atoms with van der Waals surface area (Å²) in [5.74, 6) is 0. The van der Waals surface area contributed by atoms with Gasteiger partial charge in [0.1, 0.15) is 0 Å². The number of hydrogen-bond donors (Lipinski definition) is 3. The van der Waals surface area contributed by atoms with Crippen LogP contribution in [0.1, 0.15) is 19.3 Å². The van der Waals surface area contributed by atoms with Crippen molar-refractivity contribution in [2.75, 3.05) is 69.2 Å². The Morgan fingerprint density at radius 2 is 1.76 bits per heavy atom. The molecule has 8 heteroatoms. The predicted molar refractivity (Wildman–Crippen MR) is 151 cm³/mol. The van der Waals surface area contributed by atoms with Crippen LogP contribution in [0.15, 0.2) is 42.5 Å². The van der Waals surface area contributed by atoms with Gasteiger partial charge in [0.15, 0.2) is 0 Å². The molecule has 0 atom stereocenters. The predicted octanol–water partition coefficient (Wildman–Crippen LogP) is 3.24. The van der Waals surface area contributed by atoms with Crippen molar-refractivity contribution >= 4 is 44.2 Å². The molecule has 2 fully saturated rings. The molecular weight excluding hydrogens is 462 g/mol. The first-order valence-electron chi connectivity index (χ1n) is 14.0. The van der Waals surface area contributed by atoms with Crippen LogP contribution in [0.5, 0.6) is 0 Å². The number of hydrogen-bond acceptors (Lipinski definition) is 7. The van der Waals surface area contributed by atoms with Crippen LogP contribution in [-0.2, 0) is 6.54 Å². The van der Waals surface area contributed by atoms with Gasteiger partial charge in [0, 0.05) is 75.4 Å². The van der Waals surface area contributed by atoms with Gasteiger partial charge in [-0.2, -0.15) is 0 Å². The van der Waals surface area contributed by atoms with Gasteiger partial charge >= 0.3 is 0 Å². The average Bonchev–Trinajstić information content (AvgIpc) is 3.25. The van der Waals surface area contributed by atoms with E-state index in [9.17, 15) is 5.11 Å². The second-order valence-electron chi connectivity index (χ2n) is 10.8. The number of aromatic nitrogens is 2. The fourth-order valence-electron chi connectivity index (χ4n) is 6.47. The molecule has 3 N–H and O–H groups in total. The van der Waals surface area contributed by atoms with Gasteiger partial charge in [-0.3, -0.25) is 0 Å². The van der Waals surface area contributed by atoms with Crippen molar-refractivity contribution in [3.05, 3.63) is 42.5 Å². The van der Waals surface area contributed by atoms with Crippen molar-refractivity contribution in [2.45, 2.75) is 31.9 Å². The maximum absolute atomic E-state index is 9.87. The Morgan fingerprint density at radius 3 is 2.62 bits per heavy atom. The summed E-state index contributed by atoms with van der Waals surface area (Å²) >= 11 is 0. The molecule has 2 aromatic carbocycles. The zero-order valence-electron chi connectivity index (χ0n) is 21.5. The topological polar surface area (TPSA) is 71.8 Å². The fourth-order valence-corrected chi connectivity index (χ4v) is 6.47. The molecular formula is C29H37N7O. The number of aliphatic hydroxyl groups is 1. The van der Waals surface area contributed by atoms with E-state index in [0.29, 0.717) is 0 Å². The van der Waals surface area contributed by atoms with Gasteiger partial charge in [0.2, 0.25) is 0 Å². The number of aliphatic hydroxyl groups excluding tert-OH is 1. The van der Waals surface area contributed by atoms with E-state index in [-0.39, 0.29) is 6.10 Å². The summed E-state index contributed by atoms with van der Waals surface area (Å²) in [6.45, 7) is 10.5. The Labute approximate surface area is 217 Å². The molecule has 3 aliphatic rings. The first kappa shape index (κ1) is 23.2. The minimum Gasteiger partial charge on any atom is -0.393 e. The molecule has 0 radical (unpaired) electrons. The Hall–Kier alpha value is -2.91. The number of hydrazine groups is 1. The molecule has 0 amide bonds. The first-order valence-corrected chi connectivity index (χ1v) is 14.0. The largest absolute Gasteiger partial charge is 0.393 e. The molecule has 2 aromatic heterocycles. The smallest absolute Gasteiger partial charge is 0.0989 e. The summed E-state index contributed by atoms with van der Waals surface area (Å²) in [5.41, 5.74) is 10.7. The van der Waals surface area contributed by atoms with Gasteiger partial charge in [0.05, 0.1) is 33.9 Å². The van der Waals surface area contributed by atoms with Gasteiger partial charge in [0.25, 0.3) is 0 Å². The van der Waals surface area contributed by atoms with E-state index in [2.05, 4.69) is 72.6 Å². The van der Waals surface area contributed by atoms with Crippen molar-refractivity contribution in [1.82, 2.24) is 24.8 Å². The monoisotopic (exact) mass is 499 g/mol. The zero-order chi connectivity index (χ0) is 24.8. The van der Waals surface area contributed by atoms with E-state index in [1.54, 1.807) is 0 Å². The molecule has 0 aliphatic carbocycles. The number of nitrogens with zero attached hydrogens (tertiary/aromatic N) is 5. The van der Waals surface area contributed by atoms with Gasteiger partial charge in [-0.15, -0.1) is 0 Å². The summed E-state index contributed by atoms with van der Waals surface area (Å²) in [4.78, 5) is 10.4. The Balaban J connectivity index is 1.25. The van der Waals surface area contributed by atoms with Crippen LogP contribution < -0.4 is 15.6 Å². The van der Waals surface area contributed by atoms with Crippen LogP contribution in [0.25, 0.3) is 32.8 Å². The number of piperazine rings is 1.